The number of thioether (sulfide) groups is 1. The first-order chi connectivity index (χ1) is 9.72. The summed E-state index contributed by atoms with van der Waals surface area (Å²) in [6.07, 6.45) is 4.72. The lowest BCUT2D eigenvalue weighted by atomic mass is 10.2. The quantitative estimate of drug-likeness (QED) is 0.858. The van der Waals surface area contributed by atoms with E-state index < -0.39 is 0 Å². The lowest BCUT2D eigenvalue weighted by molar-refractivity contribution is 0.202. The van der Waals surface area contributed by atoms with Crippen molar-refractivity contribution in [1.82, 2.24) is 25.2 Å². The van der Waals surface area contributed by atoms with E-state index in [2.05, 4.69) is 52.3 Å². The molecule has 2 atom stereocenters. The Hall–Kier alpha value is -0.590. The third-order valence-electron chi connectivity index (χ3n) is 4.37. The molecule has 2 aliphatic rings. The highest BCUT2D eigenvalue weighted by Crippen LogP contribution is 2.23. The van der Waals surface area contributed by atoms with Crippen LogP contribution in [0, 0.1) is 0 Å². The van der Waals surface area contributed by atoms with Crippen LogP contribution in [0.2, 0.25) is 0 Å². The highest BCUT2D eigenvalue weighted by molar-refractivity contribution is 8.00. The van der Waals surface area contributed by atoms with Crippen LogP contribution in [-0.4, -0.2) is 56.1 Å². The van der Waals surface area contributed by atoms with Crippen LogP contribution in [0.15, 0.2) is 6.20 Å². The van der Waals surface area contributed by atoms with Gasteiger partial charge in [-0.15, -0.1) is 5.10 Å². The molecule has 0 radical (unpaired) electrons. The fourth-order valence-electron chi connectivity index (χ4n) is 2.61. The van der Waals surface area contributed by atoms with Crippen molar-refractivity contribution in [3.05, 3.63) is 11.9 Å². The van der Waals surface area contributed by atoms with E-state index >= 15 is 0 Å². The monoisotopic (exact) mass is 295 g/mol. The van der Waals surface area contributed by atoms with Gasteiger partial charge in [0.2, 0.25) is 0 Å². The number of rotatable bonds is 6. The maximum atomic E-state index is 4.24. The molecule has 20 heavy (non-hydrogen) atoms. The molecule has 1 aliphatic heterocycles. The van der Waals surface area contributed by atoms with Gasteiger partial charge in [-0.1, -0.05) is 12.1 Å². The van der Waals surface area contributed by atoms with E-state index in [4.69, 9.17) is 0 Å². The van der Waals surface area contributed by atoms with Gasteiger partial charge in [0.25, 0.3) is 0 Å². The molecule has 2 heterocycles. The van der Waals surface area contributed by atoms with Crippen LogP contribution in [0.5, 0.6) is 0 Å². The van der Waals surface area contributed by atoms with Gasteiger partial charge in [-0.05, 0) is 19.8 Å². The molecule has 6 heteroatoms. The van der Waals surface area contributed by atoms with Gasteiger partial charge in [-0.2, -0.15) is 11.8 Å². The molecule has 3 rings (SSSR count). The molecule has 2 unspecified atom stereocenters. The topological polar surface area (TPSA) is 46.0 Å². The van der Waals surface area contributed by atoms with E-state index in [1.807, 2.05) is 4.68 Å². The molecule has 1 aromatic heterocycles. The zero-order chi connectivity index (χ0) is 13.9. The molecule has 0 amide bonds. The van der Waals surface area contributed by atoms with Gasteiger partial charge < -0.3 is 5.32 Å². The van der Waals surface area contributed by atoms with Crippen LogP contribution in [0.4, 0.5) is 0 Å². The Morgan fingerprint density at radius 3 is 3.00 bits per heavy atom. The standard InChI is InChI=1S/C14H25N5S/c1-11-12(2)20-8-7-18(11)5-6-19-10-14(16-17-19)9-15-13-3-4-13/h10-13,15H,3-9H2,1-2H3. The number of aromatic nitrogens is 3. The minimum Gasteiger partial charge on any atom is -0.308 e. The molecule has 1 saturated carbocycles. The molecule has 1 N–H and O–H groups in total. The average Bonchev–Trinajstić information content (AvgIpc) is 3.17. The second-order valence-corrected chi connectivity index (χ2v) is 7.47. The SMILES string of the molecule is CC1SCCN(CCn2cc(CNC3CC3)nn2)C1C. The molecule has 112 valence electrons. The van der Waals surface area contributed by atoms with Gasteiger partial charge in [0.1, 0.15) is 0 Å². The zero-order valence-corrected chi connectivity index (χ0v) is 13.3. The van der Waals surface area contributed by atoms with Crippen LogP contribution in [0.1, 0.15) is 32.4 Å². The summed E-state index contributed by atoms with van der Waals surface area (Å²) in [5, 5.41) is 12.7. The fourth-order valence-corrected chi connectivity index (χ4v) is 3.77. The van der Waals surface area contributed by atoms with Crippen molar-refractivity contribution in [2.45, 2.75) is 57.1 Å². The maximum Gasteiger partial charge on any atom is 0.0964 e. The van der Waals surface area contributed by atoms with E-state index in [1.54, 1.807) is 0 Å². The van der Waals surface area contributed by atoms with Crippen molar-refractivity contribution in [2.75, 3.05) is 18.8 Å². The summed E-state index contributed by atoms with van der Waals surface area (Å²) in [6.45, 7) is 8.74. The van der Waals surface area contributed by atoms with E-state index in [-0.39, 0.29) is 0 Å². The molecule has 1 aliphatic carbocycles. The van der Waals surface area contributed by atoms with Crippen molar-refractivity contribution in [2.24, 2.45) is 0 Å². The fraction of sp³-hybridized carbons (Fsp3) is 0.857. The van der Waals surface area contributed by atoms with E-state index in [0.29, 0.717) is 6.04 Å². The van der Waals surface area contributed by atoms with Crippen molar-refractivity contribution < 1.29 is 0 Å². The minimum absolute atomic E-state index is 0.660. The molecule has 0 spiro atoms. The van der Waals surface area contributed by atoms with Crippen LogP contribution in [0.25, 0.3) is 0 Å². The summed E-state index contributed by atoms with van der Waals surface area (Å²) in [4.78, 5) is 2.57. The van der Waals surface area contributed by atoms with E-state index in [0.717, 1.165) is 36.6 Å². The van der Waals surface area contributed by atoms with E-state index in [1.165, 1.54) is 25.1 Å². The van der Waals surface area contributed by atoms with Gasteiger partial charge in [0.15, 0.2) is 0 Å². The molecule has 1 aromatic rings. The van der Waals surface area contributed by atoms with Gasteiger partial charge in [-0.3, -0.25) is 9.58 Å². The second kappa shape index (κ2) is 6.45. The smallest absolute Gasteiger partial charge is 0.0964 e. The molecular formula is C14H25N5S. The van der Waals surface area contributed by atoms with Crippen molar-refractivity contribution in [1.29, 1.82) is 0 Å². The summed E-state index contributed by atoms with van der Waals surface area (Å²) in [5.74, 6) is 1.25. The number of hydrogen-bond acceptors (Lipinski definition) is 5. The molecule has 2 fully saturated rings. The lowest BCUT2D eigenvalue weighted by Crippen LogP contribution is -2.45. The molecule has 1 saturated heterocycles. The Bertz CT molecular complexity index is 431. The molecule has 5 nitrogen and oxygen atoms in total. The number of nitrogens with zero attached hydrogens (tertiary/aromatic N) is 4. The lowest BCUT2D eigenvalue weighted by Gasteiger charge is -2.37. The van der Waals surface area contributed by atoms with Crippen LogP contribution in [0.3, 0.4) is 0 Å². The third-order valence-corrected chi connectivity index (χ3v) is 5.70. The highest BCUT2D eigenvalue weighted by Gasteiger charge is 2.24. The Balaban J connectivity index is 1.45. The van der Waals surface area contributed by atoms with Gasteiger partial charge >= 0.3 is 0 Å². The molecular weight excluding hydrogens is 270 g/mol. The van der Waals surface area contributed by atoms with Crippen LogP contribution < -0.4 is 5.32 Å². The Kier molecular flexibility index (Phi) is 4.63. The second-order valence-electron chi connectivity index (χ2n) is 5.98. The van der Waals surface area contributed by atoms with Gasteiger partial charge in [0, 0.05) is 48.9 Å². The Morgan fingerprint density at radius 1 is 1.35 bits per heavy atom. The average molecular weight is 295 g/mol. The van der Waals surface area contributed by atoms with Gasteiger partial charge in [0.05, 0.1) is 12.2 Å². The zero-order valence-electron chi connectivity index (χ0n) is 12.5. The maximum absolute atomic E-state index is 4.24. The first-order valence-electron chi connectivity index (χ1n) is 7.70. The van der Waals surface area contributed by atoms with Crippen LogP contribution >= 0.6 is 11.8 Å². The summed E-state index contributed by atoms with van der Waals surface area (Å²) >= 11 is 2.09. The largest absolute Gasteiger partial charge is 0.308 e. The number of nitrogens with one attached hydrogen (secondary N) is 1. The highest BCUT2D eigenvalue weighted by atomic mass is 32.2. The summed E-state index contributed by atoms with van der Waals surface area (Å²) in [7, 11) is 0. The van der Waals surface area contributed by atoms with Crippen molar-refractivity contribution >= 4 is 11.8 Å². The summed E-state index contributed by atoms with van der Waals surface area (Å²) in [5.41, 5.74) is 1.06. The third kappa shape index (κ3) is 3.74. The normalized spacial score (nSPS) is 27.9. The minimum atomic E-state index is 0.660. The Labute approximate surface area is 125 Å². The van der Waals surface area contributed by atoms with Crippen LogP contribution in [-0.2, 0) is 13.1 Å². The predicted molar refractivity (Wildman–Crippen MR) is 82.8 cm³/mol. The van der Waals surface area contributed by atoms with Crippen molar-refractivity contribution in [3.63, 3.8) is 0 Å². The summed E-state index contributed by atoms with van der Waals surface area (Å²) in [6, 6.07) is 1.39. The molecule has 0 aromatic carbocycles. The number of hydrogen-bond donors (Lipinski definition) is 1. The van der Waals surface area contributed by atoms with Crippen molar-refractivity contribution in [3.8, 4) is 0 Å². The summed E-state index contributed by atoms with van der Waals surface area (Å²) < 4.78 is 1.99. The van der Waals surface area contributed by atoms with Gasteiger partial charge in [-0.25, -0.2) is 0 Å². The first-order valence-corrected chi connectivity index (χ1v) is 8.75. The van der Waals surface area contributed by atoms with E-state index in [9.17, 15) is 0 Å². The molecule has 0 bridgehead atoms. The predicted octanol–water partition coefficient (Wildman–Crippen LogP) is 1.36. The Morgan fingerprint density at radius 2 is 2.20 bits per heavy atom. The first kappa shape index (κ1) is 14.4.